The van der Waals surface area contributed by atoms with Crippen molar-refractivity contribution in [3.8, 4) is 5.75 Å². The van der Waals surface area contributed by atoms with Crippen molar-refractivity contribution < 1.29 is 22.3 Å². The topological polar surface area (TPSA) is 75.7 Å². The number of amides is 1. The van der Waals surface area contributed by atoms with Gasteiger partial charge in [-0.3, -0.25) is 4.79 Å². The van der Waals surface area contributed by atoms with Crippen molar-refractivity contribution in [2.45, 2.75) is 11.8 Å². The van der Waals surface area contributed by atoms with Crippen LogP contribution in [0.15, 0.2) is 41.3 Å². The number of rotatable bonds is 5. The average molecular weight is 366 g/mol. The number of nitrogens with zero attached hydrogens (tertiary/aromatic N) is 1. The molecule has 2 aromatic carbocycles. The maximum absolute atomic E-state index is 13.9. The van der Waals surface area contributed by atoms with E-state index < -0.39 is 26.6 Å². The Morgan fingerprint density at radius 3 is 2.44 bits per heavy atom. The predicted molar refractivity (Wildman–Crippen MR) is 93.0 cm³/mol. The van der Waals surface area contributed by atoms with Gasteiger partial charge in [0.25, 0.3) is 5.91 Å². The lowest BCUT2D eigenvalue weighted by Gasteiger charge is -2.14. The lowest BCUT2D eigenvalue weighted by molar-refractivity contribution is 0.102. The van der Waals surface area contributed by atoms with Gasteiger partial charge in [-0.1, -0.05) is 6.07 Å². The maximum Gasteiger partial charge on any atom is 0.255 e. The quantitative estimate of drug-likeness (QED) is 0.883. The molecule has 0 heterocycles. The first-order valence-corrected chi connectivity index (χ1v) is 8.79. The molecule has 0 aromatic heterocycles. The molecule has 0 aliphatic carbocycles. The lowest BCUT2D eigenvalue weighted by Crippen LogP contribution is -2.24. The van der Waals surface area contributed by atoms with E-state index in [1.165, 1.54) is 27.3 Å². The van der Waals surface area contributed by atoms with Gasteiger partial charge in [0.2, 0.25) is 10.0 Å². The van der Waals surface area contributed by atoms with E-state index in [1.54, 1.807) is 12.1 Å². The van der Waals surface area contributed by atoms with Crippen molar-refractivity contribution in [1.29, 1.82) is 0 Å². The van der Waals surface area contributed by atoms with Crippen LogP contribution < -0.4 is 10.1 Å². The van der Waals surface area contributed by atoms with Crippen molar-refractivity contribution in [3.63, 3.8) is 0 Å². The van der Waals surface area contributed by atoms with Gasteiger partial charge in [0.1, 0.15) is 16.5 Å². The summed E-state index contributed by atoms with van der Waals surface area (Å²) in [4.78, 5) is 11.9. The van der Waals surface area contributed by atoms with Gasteiger partial charge in [-0.15, -0.1) is 0 Å². The zero-order chi connectivity index (χ0) is 18.8. The Bertz CT molecular complexity index is 911. The Morgan fingerprint density at radius 2 is 1.84 bits per heavy atom. The summed E-state index contributed by atoms with van der Waals surface area (Å²) in [6, 6.07) is 8.45. The first kappa shape index (κ1) is 18.9. The monoisotopic (exact) mass is 366 g/mol. The van der Waals surface area contributed by atoms with Crippen LogP contribution in [0.3, 0.4) is 0 Å². The predicted octanol–water partition coefficient (Wildman–Crippen LogP) is 2.65. The number of carbonyl (C=O) groups is 1. The van der Waals surface area contributed by atoms with Gasteiger partial charge < -0.3 is 10.1 Å². The molecule has 0 saturated heterocycles. The van der Waals surface area contributed by atoms with Gasteiger partial charge in [0.15, 0.2) is 0 Å². The van der Waals surface area contributed by atoms with Crippen LogP contribution >= 0.6 is 0 Å². The minimum Gasteiger partial charge on any atom is -0.495 e. The number of sulfonamides is 1. The molecular formula is C17H19FN2O4S. The largest absolute Gasteiger partial charge is 0.495 e. The summed E-state index contributed by atoms with van der Waals surface area (Å²) in [6.07, 6.45) is 0. The molecule has 6 nitrogen and oxygen atoms in total. The number of halogens is 1. The minimum absolute atomic E-state index is 0.0189. The molecule has 0 bridgehead atoms. The number of hydrogen-bond acceptors (Lipinski definition) is 4. The second kappa shape index (κ2) is 7.20. The fraction of sp³-hybridized carbons (Fsp3) is 0.235. The first-order valence-electron chi connectivity index (χ1n) is 7.35. The Hall–Kier alpha value is -2.45. The Morgan fingerprint density at radius 1 is 1.16 bits per heavy atom. The number of methoxy groups -OCH3 is 1. The molecule has 8 heteroatoms. The zero-order valence-electron chi connectivity index (χ0n) is 14.3. The standard InChI is InChI=1S/C17H19FN2O4S/c1-11-5-8-15(24-4)14(9-11)19-17(21)12-6-7-13(18)16(10-12)25(22,23)20(2)3/h5-10H,1-4H3,(H,19,21). The number of aryl methyl sites for hydroxylation is 1. The molecule has 1 N–H and O–H groups in total. The summed E-state index contributed by atoms with van der Waals surface area (Å²) in [6.45, 7) is 1.86. The van der Waals surface area contributed by atoms with Crippen LogP contribution in [-0.4, -0.2) is 39.8 Å². The van der Waals surface area contributed by atoms with Crippen LogP contribution in [0.2, 0.25) is 0 Å². The van der Waals surface area contributed by atoms with Crippen molar-refractivity contribution in [1.82, 2.24) is 4.31 Å². The van der Waals surface area contributed by atoms with Gasteiger partial charge in [-0.25, -0.2) is 17.1 Å². The normalized spacial score (nSPS) is 11.4. The van der Waals surface area contributed by atoms with Crippen molar-refractivity contribution in [2.75, 3.05) is 26.5 Å². The highest BCUT2D eigenvalue weighted by Gasteiger charge is 2.23. The van der Waals surface area contributed by atoms with Crippen molar-refractivity contribution in [2.24, 2.45) is 0 Å². The van der Waals surface area contributed by atoms with E-state index in [1.807, 2.05) is 13.0 Å². The second-order valence-electron chi connectivity index (χ2n) is 5.59. The number of anilines is 1. The second-order valence-corrected chi connectivity index (χ2v) is 7.71. The van der Waals surface area contributed by atoms with Crippen LogP contribution in [0.1, 0.15) is 15.9 Å². The fourth-order valence-corrected chi connectivity index (χ4v) is 3.14. The van der Waals surface area contributed by atoms with Crippen LogP contribution in [-0.2, 0) is 10.0 Å². The van der Waals surface area contributed by atoms with Crippen LogP contribution in [0.25, 0.3) is 0 Å². The zero-order valence-corrected chi connectivity index (χ0v) is 15.1. The van der Waals surface area contributed by atoms with E-state index in [9.17, 15) is 17.6 Å². The molecule has 25 heavy (non-hydrogen) atoms. The minimum atomic E-state index is -4.00. The van der Waals surface area contributed by atoms with E-state index >= 15 is 0 Å². The molecule has 0 radical (unpaired) electrons. The summed E-state index contributed by atoms with van der Waals surface area (Å²) in [5.74, 6) is -1.03. The number of carbonyl (C=O) groups excluding carboxylic acids is 1. The summed E-state index contributed by atoms with van der Waals surface area (Å²) in [5, 5.41) is 2.65. The maximum atomic E-state index is 13.9. The van der Waals surface area contributed by atoms with E-state index in [-0.39, 0.29) is 5.56 Å². The van der Waals surface area contributed by atoms with E-state index in [4.69, 9.17) is 4.74 Å². The Balaban J connectivity index is 2.40. The molecule has 0 aliphatic heterocycles. The molecule has 2 aromatic rings. The summed E-state index contributed by atoms with van der Waals surface area (Å²) in [7, 11) is 0.0515. The van der Waals surface area contributed by atoms with Crippen molar-refractivity contribution >= 4 is 21.6 Å². The van der Waals surface area contributed by atoms with Gasteiger partial charge in [-0.2, -0.15) is 0 Å². The van der Waals surface area contributed by atoms with Gasteiger partial charge in [0.05, 0.1) is 12.8 Å². The fourth-order valence-electron chi connectivity index (χ4n) is 2.15. The number of nitrogens with one attached hydrogen (secondary N) is 1. The number of ether oxygens (including phenoxy) is 1. The summed E-state index contributed by atoms with van der Waals surface area (Å²) < 4.78 is 44.3. The molecule has 0 unspecified atom stereocenters. The van der Waals surface area contributed by atoms with Gasteiger partial charge >= 0.3 is 0 Å². The van der Waals surface area contributed by atoms with Gasteiger partial charge in [0, 0.05) is 19.7 Å². The lowest BCUT2D eigenvalue weighted by atomic mass is 10.1. The SMILES string of the molecule is COc1ccc(C)cc1NC(=O)c1ccc(F)c(S(=O)(=O)N(C)C)c1. The van der Waals surface area contributed by atoms with E-state index in [0.717, 1.165) is 22.0 Å². The smallest absolute Gasteiger partial charge is 0.255 e. The molecule has 2 rings (SSSR count). The molecule has 0 spiro atoms. The van der Waals surface area contributed by atoms with Crippen molar-refractivity contribution in [3.05, 3.63) is 53.3 Å². The third-order valence-electron chi connectivity index (χ3n) is 3.56. The molecule has 0 fully saturated rings. The third-order valence-corrected chi connectivity index (χ3v) is 5.39. The van der Waals surface area contributed by atoms with Crippen LogP contribution in [0.4, 0.5) is 10.1 Å². The Kier molecular flexibility index (Phi) is 5.44. The van der Waals surface area contributed by atoms with Crippen LogP contribution in [0, 0.1) is 12.7 Å². The first-order chi connectivity index (χ1) is 11.7. The summed E-state index contributed by atoms with van der Waals surface area (Å²) in [5.41, 5.74) is 1.37. The summed E-state index contributed by atoms with van der Waals surface area (Å²) >= 11 is 0. The highest BCUT2D eigenvalue weighted by molar-refractivity contribution is 7.89. The highest BCUT2D eigenvalue weighted by Crippen LogP contribution is 2.26. The van der Waals surface area contributed by atoms with E-state index in [2.05, 4.69) is 5.32 Å². The molecular weight excluding hydrogens is 347 g/mol. The average Bonchev–Trinajstić information content (AvgIpc) is 2.55. The molecule has 1 amide bonds. The Labute approximate surface area is 146 Å². The number of hydrogen-bond donors (Lipinski definition) is 1. The van der Waals surface area contributed by atoms with Crippen LogP contribution in [0.5, 0.6) is 5.75 Å². The highest BCUT2D eigenvalue weighted by atomic mass is 32.2. The van der Waals surface area contributed by atoms with Gasteiger partial charge in [-0.05, 0) is 42.8 Å². The number of benzene rings is 2. The van der Waals surface area contributed by atoms with E-state index in [0.29, 0.717) is 11.4 Å². The molecule has 0 saturated carbocycles. The molecule has 134 valence electrons. The third kappa shape index (κ3) is 3.97. The molecule has 0 aliphatic rings. The molecule has 0 atom stereocenters.